The first-order valence-corrected chi connectivity index (χ1v) is 6.07. The maximum atomic E-state index is 13.6. The minimum absolute atomic E-state index is 0.252. The molecular formula is C15H16F2N2. The monoisotopic (exact) mass is 262 g/mol. The fraction of sp³-hybridized carbons (Fsp3) is 0.200. The zero-order valence-corrected chi connectivity index (χ0v) is 10.7. The van der Waals surface area contributed by atoms with E-state index in [9.17, 15) is 8.78 Å². The van der Waals surface area contributed by atoms with Crippen LogP contribution in [0.1, 0.15) is 22.7 Å². The number of nitrogens with one attached hydrogen (secondary N) is 1. The Kier molecular flexibility index (Phi) is 4.24. The van der Waals surface area contributed by atoms with Gasteiger partial charge in [-0.1, -0.05) is 24.3 Å². The maximum Gasteiger partial charge on any atom is 0.126 e. The van der Waals surface area contributed by atoms with Crippen LogP contribution in [0.3, 0.4) is 0 Å². The van der Waals surface area contributed by atoms with Crippen LogP contribution in [0.5, 0.6) is 0 Å². The molecule has 100 valence electrons. The molecule has 0 spiro atoms. The van der Waals surface area contributed by atoms with Crippen molar-refractivity contribution in [2.75, 3.05) is 0 Å². The summed E-state index contributed by atoms with van der Waals surface area (Å²) in [6.45, 7) is 1.96. The molecule has 0 saturated carbocycles. The minimum atomic E-state index is -0.447. The van der Waals surface area contributed by atoms with Crippen molar-refractivity contribution in [3.05, 3.63) is 70.8 Å². The van der Waals surface area contributed by atoms with Gasteiger partial charge in [0.05, 0.1) is 6.04 Å². The third kappa shape index (κ3) is 3.16. The Morgan fingerprint density at radius 3 is 2.58 bits per heavy atom. The summed E-state index contributed by atoms with van der Waals surface area (Å²) in [4.78, 5) is 0. The lowest BCUT2D eigenvalue weighted by Gasteiger charge is -2.19. The van der Waals surface area contributed by atoms with Gasteiger partial charge in [-0.3, -0.25) is 11.3 Å². The van der Waals surface area contributed by atoms with E-state index in [1.807, 2.05) is 31.2 Å². The van der Waals surface area contributed by atoms with E-state index in [4.69, 9.17) is 5.84 Å². The third-order valence-corrected chi connectivity index (χ3v) is 3.20. The molecule has 0 saturated heterocycles. The topological polar surface area (TPSA) is 38.0 Å². The number of hydrazine groups is 1. The lowest BCUT2D eigenvalue weighted by Crippen LogP contribution is -2.30. The molecule has 4 heteroatoms. The number of hydrogen-bond acceptors (Lipinski definition) is 2. The summed E-state index contributed by atoms with van der Waals surface area (Å²) in [5, 5.41) is 0. The van der Waals surface area contributed by atoms with Gasteiger partial charge in [-0.15, -0.1) is 0 Å². The fourth-order valence-electron chi connectivity index (χ4n) is 2.16. The van der Waals surface area contributed by atoms with E-state index in [2.05, 4.69) is 5.43 Å². The third-order valence-electron chi connectivity index (χ3n) is 3.20. The summed E-state index contributed by atoms with van der Waals surface area (Å²) >= 11 is 0. The van der Waals surface area contributed by atoms with E-state index in [0.29, 0.717) is 12.0 Å². The predicted molar refractivity (Wildman–Crippen MR) is 71.3 cm³/mol. The summed E-state index contributed by atoms with van der Waals surface area (Å²) in [7, 11) is 0. The van der Waals surface area contributed by atoms with Crippen LogP contribution in [0.2, 0.25) is 0 Å². The molecule has 19 heavy (non-hydrogen) atoms. The molecule has 1 unspecified atom stereocenters. The van der Waals surface area contributed by atoms with Gasteiger partial charge < -0.3 is 0 Å². The van der Waals surface area contributed by atoms with Crippen molar-refractivity contribution < 1.29 is 8.78 Å². The molecule has 0 aliphatic carbocycles. The highest BCUT2D eigenvalue weighted by molar-refractivity contribution is 5.31. The number of benzene rings is 2. The fourth-order valence-corrected chi connectivity index (χ4v) is 2.16. The van der Waals surface area contributed by atoms with Gasteiger partial charge in [0, 0.05) is 0 Å². The van der Waals surface area contributed by atoms with E-state index in [1.165, 1.54) is 6.07 Å². The van der Waals surface area contributed by atoms with Crippen LogP contribution >= 0.6 is 0 Å². The van der Waals surface area contributed by atoms with Crippen LogP contribution in [0, 0.1) is 18.6 Å². The van der Waals surface area contributed by atoms with Crippen molar-refractivity contribution in [3.63, 3.8) is 0 Å². The van der Waals surface area contributed by atoms with Crippen molar-refractivity contribution in [2.45, 2.75) is 19.4 Å². The number of nitrogens with two attached hydrogens (primary N) is 1. The van der Waals surface area contributed by atoms with Crippen LogP contribution < -0.4 is 11.3 Å². The van der Waals surface area contributed by atoms with Crippen molar-refractivity contribution in [1.82, 2.24) is 5.43 Å². The van der Waals surface area contributed by atoms with E-state index in [1.54, 1.807) is 0 Å². The zero-order valence-electron chi connectivity index (χ0n) is 10.7. The molecular weight excluding hydrogens is 246 g/mol. The average Bonchev–Trinajstić information content (AvgIpc) is 2.41. The summed E-state index contributed by atoms with van der Waals surface area (Å²) in [5.41, 5.74) is 5.01. The normalized spacial score (nSPS) is 12.4. The largest absolute Gasteiger partial charge is 0.271 e. The molecule has 2 aromatic carbocycles. The van der Waals surface area contributed by atoms with Crippen molar-refractivity contribution in [1.29, 1.82) is 0 Å². The second kappa shape index (κ2) is 5.91. The standard InChI is InChI=1S/C15H16F2N2/c1-10-4-2-3-5-13(10)15(19-18)9-11-8-12(16)6-7-14(11)17/h2-8,15,19H,9,18H2,1H3. The molecule has 0 amide bonds. The Labute approximate surface area is 111 Å². The molecule has 0 aliphatic heterocycles. The second-order valence-electron chi connectivity index (χ2n) is 4.52. The Bertz CT molecular complexity index is 570. The average molecular weight is 262 g/mol. The van der Waals surface area contributed by atoms with Gasteiger partial charge in [-0.05, 0) is 48.2 Å². The van der Waals surface area contributed by atoms with Crippen molar-refractivity contribution in [2.24, 2.45) is 5.84 Å². The van der Waals surface area contributed by atoms with Gasteiger partial charge in [0.1, 0.15) is 11.6 Å². The molecule has 0 bridgehead atoms. The summed E-state index contributed by atoms with van der Waals surface area (Å²) in [6, 6.07) is 10.9. The Morgan fingerprint density at radius 2 is 1.89 bits per heavy atom. The lowest BCUT2D eigenvalue weighted by atomic mass is 9.95. The van der Waals surface area contributed by atoms with Gasteiger partial charge in [-0.2, -0.15) is 0 Å². The molecule has 1 atom stereocenters. The molecule has 3 N–H and O–H groups in total. The quantitative estimate of drug-likeness (QED) is 0.656. The van der Waals surface area contributed by atoms with E-state index in [0.717, 1.165) is 23.3 Å². The number of rotatable bonds is 4. The molecule has 0 aromatic heterocycles. The maximum absolute atomic E-state index is 13.6. The Hall–Kier alpha value is -1.78. The van der Waals surface area contributed by atoms with E-state index in [-0.39, 0.29) is 6.04 Å². The zero-order chi connectivity index (χ0) is 13.8. The molecule has 0 heterocycles. The molecule has 0 aliphatic rings. The summed E-state index contributed by atoms with van der Waals surface area (Å²) in [5.74, 6) is 4.68. The first-order valence-electron chi connectivity index (χ1n) is 6.07. The van der Waals surface area contributed by atoms with Crippen LogP contribution in [0.15, 0.2) is 42.5 Å². The van der Waals surface area contributed by atoms with Crippen LogP contribution in [-0.2, 0) is 6.42 Å². The predicted octanol–water partition coefficient (Wildman–Crippen LogP) is 3.02. The van der Waals surface area contributed by atoms with Gasteiger partial charge in [0.25, 0.3) is 0 Å². The number of aryl methyl sites for hydroxylation is 1. The molecule has 2 rings (SSSR count). The molecule has 0 fully saturated rings. The highest BCUT2D eigenvalue weighted by Crippen LogP contribution is 2.22. The smallest absolute Gasteiger partial charge is 0.126 e. The Morgan fingerprint density at radius 1 is 1.16 bits per heavy atom. The first-order chi connectivity index (χ1) is 9.11. The van der Waals surface area contributed by atoms with Gasteiger partial charge in [-0.25, -0.2) is 8.78 Å². The minimum Gasteiger partial charge on any atom is -0.271 e. The number of hydrogen-bond donors (Lipinski definition) is 2. The van der Waals surface area contributed by atoms with Crippen molar-refractivity contribution >= 4 is 0 Å². The van der Waals surface area contributed by atoms with Gasteiger partial charge in [0.15, 0.2) is 0 Å². The van der Waals surface area contributed by atoms with Gasteiger partial charge in [0.2, 0.25) is 0 Å². The lowest BCUT2D eigenvalue weighted by molar-refractivity contribution is 0.521. The van der Waals surface area contributed by atoms with Crippen LogP contribution in [0.4, 0.5) is 8.78 Å². The van der Waals surface area contributed by atoms with E-state index >= 15 is 0 Å². The van der Waals surface area contributed by atoms with E-state index < -0.39 is 11.6 Å². The highest BCUT2D eigenvalue weighted by atomic mass is 19.1. The highest BCUT2D eigenvalue weighted by Gasteiger charge is 2.15. The molecule has 0 radical (unpaired) electrons. The van der Waals surface area contributed by atoms with Gasteiger partial charge >= 0.3 is 0 Å². The molecule has 2 nitrogen and oxygen atoms in total. The summed E-state index contributed by atoms with van der Waals surface area (Å²) in [6.07, 6.45) is 0.297. The first kappa shape index (κ1) is 13.6. The van der Waals surface area contributed by atoms with Crippen LogP contribution in [-0.4, -0.2) is 0 Å². The SMILES string of the molecule is Cc1ccccc1C(Cc1cc(F)ccc1F)NN. The van der Waals surface area contributed by atoms with Crippen molar-refractivity contribution in [3.8, 4) is 0 Å². The molecule has 2 aromatic rings. The Balaban J connectivity index is 2.29. The second-order valence-corrected chi connectivity index (χ2v) is 4.52. The number of halogens is 2. The summed E-state index contributed by atoms with van der Waals surface area (Å²) < 4.78 is 26.8. The van der Waals surface area contributed by atoms with Crippen LogP contribution in [0.25, 0.3) is 0 Å².